The molecule has 0 atom stereocenters. The van der Waals surface area contributed by atoms with E-state index >= 15 is 0 Å². The number of benzene rings is 2. The third-order valence-corrected chi connectivity index (χ3v) is 4.11. The largest absolute Gasteiger partial charge is 0.331 e. The molecule has 5 heteroatoms. The summed E-state index contributed by atoms with van der Waals surface area (Å²) < 4.78 is 2.19. The molecule has 2 aromatic carbocycles. The summed E-state index contributed by atoms with van der Waals surface area (Å²) in [6, 6.07) is 13.7. The number of anilines is 2. The van der Waals surface area contributed by atoms with Crippen LogP contribution >= 0.6 is 38.9 Å². The summed E-state index contributed by atoms with van der Waals surface area (Å²) in [7, 11) is 0. The number of hydrogen-bond donors (Lipinski definition) is 1. The van der Waals surface area contributed by atoms with Crippen molar-refractivity contribution in [3.05, 3.63) is 52.0 Å². The second kappa shape index (κ2) is 4.88. The predicted molar refractivity (Wildman–Crippen MR) is 82.1 cm³/mol. The van der Waals surface area contributed by atoms with Crippen molar-refractivity contribution in [2.75, 3.05) is 5.32 Å². The molecule has 3 rings (SSSR count). The van der Waals surface area contributed by atoms with Crippen molar-refractivity contribution in [2.24, 2.45) is 0 Å². The first kappa shape index (κ1) is 12.0. The number of aromatic nitrogens is 1. The highest BCUT2D eigenvalue weighted by molar-refractivity contribution is 9.10. The van der Waals surface area contributed by atoms with Crippen LogP contribution in [0.5, 0.6) is 0 Å². The molecule has 1 N–H and O–H groups in total. The molecule has 1 aromatic heterocycles. The number of rotatable bonds is 2. The van der Waals surface area contributed by atoms with E-state index in [2.05, 4.69) is 32.3 Å². The molecule has 0 radical (unpaired) electrons. The molecule has 0 amide bonds. The maximum absolute atomic E-state index is 5.95. The fourth-order valence-electron chi connectivity index (χ4n) is 1.64. The van der Waals surface area contributed by atoms with Crippen LogP contribution in [0, 0.1) is 0 Å². The molecule has 2 nitrogen and oxygen atoms in total. The van der Waals surface area contributed by atoms with Crippen molar-refractivity contribution < 1.29 is 0 Å². The molecule has 0 aliphatic heterocycles. The molecule has 0 unspecified atom stereocenters. The first-order valence-electron chi connectivity index (χ1n) is 5.29. The second-order valence-corrected chi connectivity index (χ2v) is 6.15. The molecule has 0 fully saturated rings. The minimum atomic E-state index is 0.712. The first-order chi connectivity index (χ1) is 8.70. The Labute approximate surface area is 122 Å². The van der Waals surface area contributed by atoms with Crippen LogP contribution in [0.2, 0.25) is 5.02 Å². The SMILES string of the molecule is Clc1cccc(Nc2nc3cc(Br)ccc3s2)c1. The van der Waals surface area contributed by atoms with Gasteiger partial charge in [-0.1, -0.05) is 44.9 Å². The lowest BCUT2D eigenvalue weighted by molar-refractivity contribution is 1.44. The average molecular weight is 340 g/mol. The number of nitrogens with one attached hydrogen (secondary N) is 1. The smallest absolute Gasteiger partial charge is 0.188 e. The van der Waals surface area contributed by atoms with E-state index in [1.807, 2.05) is 36.4 Å². The molecule has 0 aliphatic rings. The third kappa shape index (κ3) is 2.51. The Morgan fingerprint density at radius 1 is 1.17 bits per heavy atom. The molecule has 3 aromatic rings. The molecular weight excluding hydrogens is 332 g/mol. The zero-order valence-electron chi connectivity index (χ0n) is 9.15. The van der Waals surface area contributed by atoms with E-state index in [0.717, 1.165) is 25.5 Å². The summed E-state index contributed by atoms with van der Waals surface area (Å²) >= 11 is 11.0. The lowest BCUT2D eigenvalue weighted by atomic mass is 10.3. The summed E-state index contributed by atoms with van der Waals surface area (Å²) in [5.41, 5.74) is 1.93. The fraction of sp³-hybridized carbons (Fsp3) is 0. The monoisotopic (exact) mass is 338 g/mol. The topological polar surface area (TPSA) is 24.9 Å². The molecule has 90 valence electrons. The molecule has 1 heterocycles. The Morgan fingerprint density at radius 3 is 2.89 bits per heavy atom. The van der Waals surface area contributed by atoms with Crippen molar-refractivity contribution >= 4 is 59.9 Å². The van der Waals surface area contributed by atoms with Gasteiger partial charge in [0.25, 0.3) is 0 Å². The van der Waals surface area contributed by atoms with Crippen LogP contribution in [0.1, 0.15) is 0 Å². The van der Waals surface area contributed by atoms with Gasteiger partial charge in [0.1, 0.15) is 0 Å². The van der Waals surface area contributed by atoms with Crippen LogP contribution in [0.3, 0.4) is 0 Å². The molecule has 0 spiro atoms. The Morgan fingerprint density at radius 2 is 2.06 bits per heavy atom. The minimum absolute atomic E-state index is 0.712. The van der Waals surface area contributed by atoms with Gasteiger partial charge in [-0.25, -0.2) is 4.98 Å². The van der Waals surface area contributed by atoms with E-state index in [1.165, 1.54) is 0 Å². The second-order valence-electron chi connectivity index (χ2n) is 3.77. The van der Waals surface area contributed by atoms with Crippen molar-refractivity contribution in [1.29, 1.82) is 0 Å². The highest BCUT2D eigenvalue weighted by atomic mass is 79.9. The zero-order valence-corrected chi connectivity index (χ0v) is 12.3. The molecule has 0 saturated heterocycles. The Kier molecular flexibility index (Phi) is 3.24. The maximum Gasteiger partial charge on any atom is 0.188 e. The van der Waals surface area contributed by atoms with Crippen LogP contribution in [0.4, 0.5) is 10.8 Å². The number of halogens is 2. The predicted octanol–water partition coefficient (Wildman–Crippen LogP) is 5.46. The Bertz CT molecular complexity index is 711. The number of nitrogens with zero attached hydrogens (tertiary/aromatic N) is 1. The minimum Gasteiger partial charge on any atom is -0.331 e. The van der Waals surface area contributed by atoms with Crippen LogP contribution in [0.15, 0.2) is 46.9 Å². The molecule has 0 saturated carbocycles. The van der Waals surface area contributed by atoms with E-state index in [4.69, 9.17) is 11.6 Å². The van der Waals surface area contributed by atoms with Crippen molar-refractivity contribution in [2.45, 2.75) is 0 Å². The van der Waals surface area contributed by atoms with Gasteiger partial charge in [-0.15, -0.1) is 0 Å². The fourth-order valence-corrected chi connectivity index (χ4v) is 3.05. The quantitative estimate of drug-likeness (QED) is 0.671. The van der Waals surface area contributed by atoms with Crippen molar-refractivity contribution in [3.63, 3.8) is 0 Å². The Balaban J connectivity index is 1.95. The van der Waals surface area contributed by atoms with Crippen LogP contribution in [-0.2, 0) is 0 Å². The van der Waals surface area contributed by atoms with Gasteiger partial charge in [-0.3, -0.25) is 0 Å². The molecule has 0 aliphatic carbocycles. The maximum atomic E-state index is 5.95. The Hall–Kier alpha value is -1.10. The van der Waals surface area contributed by atoms with Gasteiger partial charge in [0.15, 0.2) is 5.13 Å². The third-order valence-electron chi connectivity index (χ3n) is 2.43. The number of thiazole rings is 1. The van der Waals surface area contributed by atoms with Gasteiger partial charge in [0, 0.05) is 15.2 Å². The lowest BCUT2D eigenvalue weighted by Gasteiger charge is -2.01. The molecule has 0 bridgehead atoms. The van der Waals surface area contributed by atoms with E-state index in [9.17, 15) is 0 Å². The van der Waals surface area contributed by atoms with Crippen LogP contribution in [-0.4, -0.2) is 4.98 Å². The van der Waals surface area contributed by atoms with Crippen LogP contribution in [0.25, 0.3) is 10.2 Å². The van der Waals surface area contributed by atoms with Gasteiger partial charge >= 0.3 is 0 Å². The number of fused-ring (bicyclic) bond motifs is 1. The van der Waals surface area contributed by atoms with Gasteiger partial charge in [0.2, 0.25) is 0 Å². The summed E-state index contributed by atoms with van der Waals surface area (Å²) in [5, 5.41) is 4.84. The molecular formula is C13H8BrClN2S. The average Bonchev–Trinajstić information content (AvgIpc) is 2.70. The van der Waals surface area contributed by atoms with Crippen LogP contribution < -0.4 is 5.32 Å². The first-order valence-corrected chi connectivity index (χ1v) is 7.28. The summed E-state index contributed by atoms with van der Waals surface area (Å²) in [6.07, 6.45) is 0. The van der Waals surface area contributed by atoms with E-state index in [0.29, 0.717) is 5.02 Å². The van der Waals surface area contributed by atoms with E-state index in [1.54, 1.807) is 11.3 Å². The summed E-state index contributed by atoms with van der Waals surface area (Å²) in [6.45, 7) is 0. The zero-order chi connectivity index (χ0) is 12.5. The van der Waals surface area contributed by atoms with E-state index in [-0.39, 0.29) is 0 Å². The normalized spacial score (nSPS) is 10.8. The van der Waals surface area contributed by atoms with Crippen molar-refractivity contribution in [1.82, 2.24) is 4.98 Å². The van der Waals surface area contributed by atoms with Gasteiger partial charge in [-0.05, 0) is 36.4 Å². The van der Waals surface area contributed by atoms with Gasteiger partial charge < -0.3 is 5.32 Å². The lowest BCUT2D eigenvalue weighted by Crippen LogP contribution is -1.88. The highest BCUT2D eigenvalue weighted by Gasteiger charge is 2.04. The summed E-state index contributed by atoms with van der Waals surface area (Å²) in [5.74, 6) is 0. The van der Waals surface area contributed by atoms with Crippen molar-refractivity contribution in [3.8, 4) is 0 Å². The number of hydrogen-bond acceptors (Lipinski definition) is 3. The van der Waals surface area contributed by atoms with Gasteiger partial charge in [0.05, 0.1) is 10.2 Å². The standard InChI is InChI=1S/C13H8BrClN2S/c14-8-4-5-12-11(6-8)17-13(18-12)16-10-3-1-2-9(15)7-10/h1-7H,(H,16,17). The van der Waals surface area contributed by atoms with E-state index < -0.39 is 0 Å². The van der Waals surface area contributed by atoms with Gasteiger partial charge in [-0.2, -0.15) is 0 Å². The summed E-state index contributed by atoms with van der Waals surface area (Å²) in [4.78, 5) is 4.53. The highest BCUT2D eigenvalue weighted by Crippen LogP contribution is 2.30. The molecule has 18 heavy (non-hydrogen) atoms.